The first-order valence-corrected chi connectivity index (χ1v) is 7.02. The molecule has 1 N–H and O–H groups in total. The molecule has 1 aromatic rings. The van der Waals surface area contributed by atoms with E-state index < -0.39 is 5.97 Å². The van der Waals surface area contributed by atoms with E-state index in [0.717, 1.165) is 38.3 Å². The van der Waals surface area contributed by atoms with Crippen molar-refractivity contribution in [3.05, 3.63) is 24.3 Å². The fourth-order valence-corrected chi connectivity index (χ4v) is 2.50. The van der Waals surface area contributed by atoms with E-state index in [2.05, 4.69) is 21.9 Å². The Hall–Kier alpha value is -1.75. The van der Waals surface area contributed by atoms with Gasteiger partial charge in [-0.25, -0.2) is 0 Å². The first-order valence-electron chi connectivity index (χ1n) is 7.02. The van der Waals surface area contributed by atoms with E-state index in [1.165, 1.54) is 5.69 Å². The van der Waals surface area contributed by atoms with Gasteiger partial charge in [0.1, 0.15) is 5.75 Å². The second kappa shape index (κ2) is 7.14. The zero-order valence-corrected chi connectivity index (χ0v) is 11.9. The number of benzene rings is 1. The van der Waals surface area contributed by atoms with Crippen molar-refractivity contribution < 1.29 is 14.6 Å². The number of carbonyl (C=O) groups is 1. The summed E-state index contributed by atoms with van der Waals surface area (Å²) in [6.45, 7) is 4.48. The predicted octanol–water partition coefficient (Wildman–Crippen LogP) is 1.68. The number of anilines is 1. The molecule has 110 valence electrons. The summed E-state index contributed by atoms with van der Waals surface area (Å²) in [5.41, 5.74) is 1.20. The van der Waals surface area contributed by atoms with Gasteiger partial charge in [0, 0.05) is 31.9 Å². The smallest absolute Gasteiger partial charge is 0.304 e. The van der Waals surface area contributed by atoms with Crippen LogP contribution in [0.5, 0.6) is 5.75 Å². The third kappa shape index (κ3) is 4.13. The van der Waals surface area contributed by atoms with Gasteiger partial charge in [-0.3, -0.25) is 4.79 Å². The Morgan fingerprint density at radius 2 is 1.95 bits per heavy atom. The highest BCUT2D eigenvalue weighted by Crippen LogP contribution is 2.20. The highest BCUT2D eigenvalue weighted by molar-refractivity contribution is 5.66. The summed E-state index contributed by atoms with van der Waals surface area (Å²) < 4.78 is 5.17. The van der Waals surface area contributed by atoms with Crippen LogP contribution < -0.4 is 9.64 Å². The van der Waals surface area contributed by atoms with E-state index in [-0.39, 0.29) is 6.42 Å². The zero-order valence-electron chi connectivity index (χ0n) is 11.9. The van der Waals surface area contributed by atoms with Gasteiger partial charge in [0.05, 0.1) is 13.5 Å². The highest BCUT2D eigenvalue weighted by atomic mass is 16.5. The van der Waals surface area contributed by atoms with E-state index in [4.69, 9.17) is 9.84 Å². The fourth-order valence-electron chi connectivity index (χ4n) is 2.50. The van der Waals surface area contributed by atoms with Crippen LogP contribution in [0.15, 0.2) is 24.3 Å². The van der Waals surface area contributed by atoms with Crippen LogP contribution in [0.2, 0.25) is 0 Å². The van der Waals surface area contributed by atoms with Crippen molar-refractivity contribution in [1.82, 2.24) is 4.90 Å². The molecule has 0 amide bonds. The maximum Gasteiger partial charge on any atom is 0.304 e. The van der Waals surface area contributed by atoms with Gasteiger partial charge >= 0.3 is 5.97 Å². The van der Waals surface area contributed by atoms with Gasteiger partial charge in [0.25, 0.3) is 0 Å². The Kier molecular flexibility index (Phi) is 5.24. The summed E-state index contributed by atoms with van der Waals surface area (Å²) in [6, 6.07) is 8.10. The SMILES string of the molecule is COc1ccc(N2CCCN(CCC(=O)O)CC2)cc1. The van der Waals surface area contributed by atoms with Gasteiger partial charge in [-0.2, -0.15) is 0 Å². The molecule has 1 heterocycles. The molecule has 5 nitrogen and oxygen atoms in total. The normalized spacial score (nSPS) is 16.8. The average molecular weight is 278 g/mol. The quantitative estimate of drug-likeness (QED) is 0.888. The van der Waals surface area contributed by atoms with Crippen molar-refractivity contribution in [2.75, 3.05) is 44.7 Å². The minimum absolute atomic E-state index is 0.225. The standard InChI is InChI=1S/C15H22N2O3/c1-20-14-5-3-13(4-6-14)17-9-2-8-16(11-12-17)10-7-15(18)19/h3-6H,2,7-12H2,1H3,(H,18,19). The van der Waals surface area contributed by atoms with Crippen molar-refractivity contribution in [2.45, 2.75) is 12.8 Å². The molecular weight excluding hydrogens is 256 g/mol. The summed E-state index contributed by atoms with van der Waals surface area (Å²) in [5, 5.41) is 8.74. The summed E-state index contributed by atoms with van der Waals surface area (Å²) in [7, 11) is 1.67. The minimum atomic E-state index is -0.721. The van der Waals surface area contributed by atoms with E-state index in [0.29, 0.717) is 6.54 Å². The van der Waals surface area contributed by atoms with Crippen LogP contribution >= 0.6 is 0 Å². The van der Waals surface area contributed by atoms with Crippen LogP contribution in [-0.2, 0) is 4.79 Å². The van der Waals surface area contributed by atoms with Gasteiger partial charge in [-0.15, -0.1) is 0 Å². The van der Waals surface area contributed by atoms with Crippen LogP contribution in [-0.4, -0.2) is 55.8 Å². The molecule has 1 fully saturated rings. The Morgan fingerprint density at radius 1 is 1.20 bits per heavy atom. The topological polar surface area (TPSA) is 53.0 Å². The molecule has 1 aromatic carbocycles. The van der Waals surface area contributed by atoms with Gasteiger partial charge in [-0.1, -0.05) is 0 Å². The first-order chi connectivity index (χ1) is 9.69. The zero-order chi connectivity index (χ0) is 14.4. The lowest BCUT2D eigenvalue weighted by atomic mass is 10.2. The molecule has 0 aliphatic carbocycles. The van der Waals surface area contributed by atoms with Crippen molar-refractivity contribution in [3.63, 3.8) is 0 Å². The fraction of sp³-hybridized carbons (Fsp3) is 0.533. The molecule has 0 spiro atoms. The molecule has 0 aromatic heterocycles. The molecule has 1 aliphatic rings. The molecule has 1 saturated heterocycles. The predicted molar refractivity (Wildman–Crippen MR) is 78.5 cm³/mol. The number of methoxy groups -OCH3 is 1. The van der Waals surface area contributed by atoms with Crippen LogP contribution in [0.25, 0.3) is 0 Å². The molecule has 1 aliphatic heterocycles. The highest BCUT2D eigenvalue weighted by Gasteiger charge is 2.15. The Morgan fingerprint density at radius 3 is 2.60 bits per heavy atom. The molecule has 0 unspecified atom stereocenters. The summed E-state index contributed by atoms with van der Waals surface area (Å²) >= 11 is 0. The summed E-state index contributed by atoms with van der Waals surface area (Å²) in [5.74, 6) is 0.146. The van der Waals surface area contributed by atoms with E-state index >= 15 is 0 Å². The Balaban J connectivity index is 1.89. The Labute approximate surface area is 119 Å². The molecule has 2 rings (SSSR count). The van der Waals surface area contributed by atoms with Crippen molar-refractivity contribution >= 4 is 11.7 Å². The summed E-state index contributed by atoms with van der Waals surface area (Å²) in [4.78, 5) is 15.2. The van der Waals surface area contributed by atoms with Crippen molar-refractivity contribution in [3.8, 4) is 5.75 Å². The average Bonchev–Trinajstić information content (AvgIpc) is 2.71. The number of rotatable bonds is 5. The second-order valence-electron chi connectivity index (χ2n) is 5.02. The molecule has 5 heteroatoms. The Bertz CT molecular complexity index is 433. The lowest BCUT2D eigenvalue weighted by Gasteiger charge is -2.23. The molecular formula is C15H22N2O3. The van der Waals surface area contributed by atoms with E-state index in [1.54, 1.807) is 7.11 Å². The van der Waals surface area contributed by atoms with Crippen LogP contribution in [0.3, 0.4) is 0 Å². The molecule has 0 atom stereocenters. The molecule has 0 bridgehead atoms. The van der Waals surface area contributed by atoms with Crippen LogP contribution in [0.1, 0.15) is 12.8 Å². The molecule has 20 heavy (non-hydrogen) atoms. The van der Waals surface area contributed by atoms with E-state index in [1.807, 2.05) is 12.1 Å². The third-order valence-electron chi connectivity index (χ3n) is 3.67. The number of hydrogen-bond donors (Lipinski definition) is 1. The van der Waals surface area contributed by atoms with Gasteiger partial charge in [0.2, 0.25) is 0 Å². The number of carboxylic acid groups (broad SMARTS) is 1. The van der Waals surface area contributed by atoms with Crippen LogP contribution in [0.4, 0.5) is 5.69 Å². The van der Waals surface area contributed by atoms with Crippen molar-refractivity contribution in [1.29, 1.82) is 0 Å². The molecule has 0 saturated carbocycles. The lowest BCUT2D eigenvalue weighted by molar-refractivity contribution is -0.137. The maximum atomic E-state index is 10.6. The maximum absolute atomic E-state index is 10.6. The number of aliphatic carboxylic acids is 1. The van der Waals surface area contributed by atoms with Gasteiger partial charge < -0.3 is 19.6 Å². The number of carboxylic acids is 1. The first kappa shape index (κ1) is 14.7. The van der Waals surface area contributed by atoms with Crippen molar-refractivity contribution in [2.24, 2.45) is 0 Å². The van der Waals surface area contributed by atoms with Gasteiger partial charge in [0.15, 0.2) is 0 Å². The largest absolute Gasteiger partial charge is 0.497 e. The second-order valence-corrected chi connectivity index (χ2v) is 5.02. The van der Waals surface area contributed by atoms with E-state index in [9.17, 15) is 4.79 Å². The number of nitrogens with zero attached hydrogens (tertiary/aromatic N) is 2. The monoisotopic (exact) mass is 278 g/mol. The minimum Gasteiger partial charge on any atom is -0.497 e. The lowest BCUT2D eigenvalue weighted by Crippen LogP contribution is -2.32. The van der Waals surface area contributed by atoms with Crippen LogP contribution in [0, 0.1) is 0 Å². The van der Waals surface area contributed by atoms with Gasteiger partial charge in [-0.05, 0) is 37.2 Å². The number of ether oxygens (including phenoxy) is 1. The summed E-state index contributed by atoms with van der Waals surface area (Å²) in [6.07, 6.45) is 1.29. The molecule has 0 radical (unpaired) electrons. The third-order valence-corrected chi connectivity index (χ3v) is 3.67. The number of hydrogen-bond acceptors (Lipinski definition) is 4.